The molecule has 0 rings (SSSR count). The minimum atomic E-state index is -0.818. The van der Waals surface area contributed by atoms with E-state index in [1.54, 1.807) is 0 Å². The van der Waals surface area contributed by atoms with Gasteiger partial charge in [0, 0.05) is 18.5 Å². The molecule has 0 aromatic heterocycles. The van der Waals surface area contributed by atoms with Crippen LogP contribution >= 0.6 is 0 Å². The quantitative estimate of drug-likeness (QED) is 0.635. The molecule has 0 aliphatic carbocycles. The molecule has 0 saturated carbocycles. The molecule has 0 bridgehead atoms. The van der Waals surface area contributed by atoms with Gasteiger partial charge in [0.2, 0.25) is 0 Å². The van der Waals surface area contributed by atoms with Gasteiger partial charge in [-0.25, -0.2) is 4.79 Å². The van der Waals surface area contributed by atoms with E-state index in [1.807, 2.05) is 20.8 Å². The zero-order valence-corrected chi connectivity index (χ0v) is 12.7. The van der Waals surface area contributed by atoms with Crippen molar-refractivity contribution >= 4 is 12.0 Å². The van der Waals surface area contributed by atoms with Crippen molar-refractivity contribution in [3.05, 3.63) is 0 Å². The average Bonchev–Trinajstić information content (AvgIpc) is 2.24. The molecule has 112 valence electrons. The van der Waals surface area contributed by atoms with Gasteiger partial charge in [-0.2, -0.15) is 0 Å². The van der Waals surface area contributed by atoms with Crippen LogP contribution in [0.15, 0.2) is 0 Å². The van der Waals surface area contributed by atoms with Crippen molar-refractivity contribution in [1.29, 1.82) is 0 Å². The molecule has 19 heavy (non-hydrogen) atoms. The number of rotatable bonds is 8. The van der Waals surface area contributed by atoms with Gasteiger partial charge in [-0.3, -0.25) is 4.79 Å². The number of aliphatic carboxylic acids is 1. The fraction of sp³-hybridized carbons (Fsp3) is 0.857. The van der Waals surface area contributed by atoms with Crippen LogP contribution in [0.4, 0.5) is 4.79 Å². The summed E-state index contributed by atoms with van der Waals surface area (Å²) < 4.78 is 0. The van der Waals surface area contributed by atoms with Crippen molar-refractivity contribution in [2.75, 3.05) is 6.54 Å². The van der Waals surface area contributed by atoms with E-state index in [4.69, 9.17) is 5.11 Å². The summed E-state index contributed by atoms with van der Waals surface area (Å²) in [5.41, 5.74) is -0.246. The van der Waals surface area contributed by atoms with Gasteiger partial charge in [0.25, 0.3) is 0 Å². The summed E-state index contributed by atoms with van der Waals surface area (Å²) in [6.45, 7) is 10.4. The lowest BCUT2D eigenvalue weighted by Gasteiger charge is -2.25. The highest BCUT2D eigenvalue weighted by Gasteiger charge is 2.20. The van der Waals surface area contributed by atoms with Crippen molar-refractivity contribution in [2.24, 2.45) is 11.8 Å². The Bertz CT molecular complexity index is 301. The van der Waals surface area contributed by atoms with Crippen LogP contribution in [0.25, 0.3) is 0 Å². The maximum absolute atomic E-state index is 11.7. The van der Waals surface area contributed by atoms with Crippen LogP contribution in [-0.2, 0) is 4.79 Å². The lowest BCUT2D eigenvalue weighted by Crippen LogP contribution is -2.49. The van der Waals surface area contributed by atoms with E-state index in [0.717, 1.165) is 12.8 Å². The number of amides is 2. The number of hydrogen-bond donors (Lipinski definition) is 3. The number of carbonyl (C=O) groups is 2. The van der Waals surface area contributed by atoms with Gasteiger partial charge in [-0.15, -0.1) is 0 Å². The zero-order chi connectivity index (χ0) is 15.1. The Morgan fingerprint density at radius 1 is 1.26 bits per heavy atom. The highest BCUT2D eigenvalue weighted by Crippen LogP contribution is 2.14. The second kappa shape index (κ2) is 8.02. The Kier molecular flexibility index (Phi) is 7.49. The second-order valence-corrected chi connectivity index (χ2v) is 6.17. The van der Waals surface area contributed by atoms with Crippen LogP contribution in [0.5, 0.6) is 0 Å². The Morgan fingerprint density at radius 2 is 1.84 bits per heavy atom. The predicted octanol–water partition coefficient (Wildman–Crippen LogP) is 2.61. The highest BCUT2D eigenvalue weighted by atomic mass is 16.4. The fourth-order valence-electron chi connectivity index (χ4n) is 1.83. The Labute approximate surface area is 116 Å². The molecule has 0 spiro atoms. The van der Waals surface area contributed by atoms with Crippen molar-refractivity contribution in [3.8, 4) is 0 Å². The highest BCUT2D eigenvalue weighted by molar-refractivity contribution is 5.74. The number of nitrogens with one attached hydrogen (secondary N) is 2. The van der Waals surface area contributed by atoms with E-state index >= 15 is 0 Å². The van der Waals surface area contributed by atoms with Gasteiger partial charge in [0.15, 0.2) is 0 Å². The van der Waals surface area contributed by atoms with Gasteiger partial charge in [0.1, 0.15) is 0 Å². The largest absolute Gasteiger partial charge is 0.481 e. The first-order valence-electron chi connectivity index (χ1n) is 6.94. The third-order valence-electron chi connectivity index (χ3n) is 3.16. The molecule has 2 amide bonds. The summed E-state index contributed by atoms with van der Waals surface area (Å²) in [5.74, 6) is -0.420. The minimum Gasteiger partial charge on any atom is -0.481 e. The molecule has 0 aromatic carbocycles. The minimum absolute atomic E-state index is 0.0204. The van der Waals surface area contributed by atoms with Crippen molar-refractivity contribution in [2.45, 2.75) is 59.4 Å². The molecule has 0 aromatic rings. The van der Waals surface area contributed by atoms with E-state index in [-0.39, 0.29) is 23.9 Å². The van der Waals surface area contributed by atoms with Crippen LogP contribution in [0.2, 0.25) is 0 Å². The van der Waals surface area contributed by atoms with E-state index < -0.39 is 5.97 Å². The van der Waals surface area contributed by atoms with Crippen LogP contribution in [0.1, 0.15) is 53.9 Å². The Balaban J connectivity index is 4.23. The molecule has 0 aliphatic rings. The molecule has 3 N–H and O–H groups in total. The normalized spacial score (nSPS) is 13.2. The fourth-order valence-corrected chi connectivity index (χ4v) is 1.83. The van der Waals surface area contributed by atoms with Crippen LogP contribution in [0.3, 0.4) is 0 Å². The first-order valence-corrected chi connectivity index (χ1v) is 6.94. The second-order valence-electron chi connectivity index (χ2n) is 6.17. The third-order valence-corrected chi connectivity index (χ3v) is 3.16. The SMILES string of the molecule is CCC(C)(C)NC(=O)NCC(CC(=O)O)CC(C)C. The summed E-state index contributed by atoms with van der Waals surface area (Å²) in [4.78, 5) is 22.5. The van der Waals surface area contributed by atoms with Crippen LogP contribution in [0, 0.1) is 11.8 Å². The Hall–Kier alpha value is -1.26. The lowest BCUT2D eigenvalue weighted by molar-refractivity contribution is -0.138. The van der Waals surface area contributed by atoms with Crippen molar-refractivity contribution < 1.29 is 14.7 Å². The van der Waals surface area contributed by atoms with E-state index in [9.17, 15) is 9.59 Å². The van der Waals surface area contributed by atoms with Gasteiger partial charge >= 0.3 is 12.0 Å². The van der Waals surface area contributed by atoms with E-state index in [0.29, 0.717) is 12.5 Å². The molecular weight excluding hydrogens is 244 g/mol. The van der Waals surface area contributed by atoms with E-state index in [2.05, 4.69) is 24.5 Å². The van der Waals surface area contributed by atoms with Gasteiger partial charge in [-0.1, -0.05) is 20.8 Å². The van der Waals surface area contributed by atoms with Gasteiger partial charge < -0.3 is 15.7 Å². The number of carboxylic acid groups (broad SMARTS) is 1. The molecule has 0 saturated heterocycles. The standard InChI is InChI=1S/C14H28N2O3/c1-6-14(4,5)16-13(19)15-9-11(7-10(2)3)8-12(17)18/h10-11H,6-9H2,1-5H3,(H,17,18)(H2,15,16,19). The Morgan fingerprint density at radius 3 is 2.26 bits per heavy atom. The lowest BCUT2D eigenvalue weighted by atomic mass is 9.94. The average molecular weight is 272 g/mol. The molecule has 0 fully saturated rings. The monoisotopic (exact) mass is 272 g/mol. The molecule has 0 heterocycles. The smallest absolute Gasteiger partial charge is 0.315 e. The molecule has 5 nitrogen and oxygen atoms in total. The molecule has 0 aliphatic heterocycles. The molecule has 0 radical (unpaired) electrons. The number of urea groups is 1. The number of carboxylic acids is 1. The van der Waals surface area contributed by atoms with Crippen LogP contribution < -0.4 is 10.6 Å². The third kappa shape index (κ3) is 9.33. The summed E-state index contributed by atoms with van der Waals surface area (Å²) in [6, 6.07) is -0.231. The molecular formula is C14H28N2O3. The summed E-state index contributed by atoms with van der Waals surface area (Å²) >= 11 is 0. The van der Waals surface area contributed by atoms with Gasteiger partial charge in [0.05, 0.1) is 0 Å². The van der Waals surface area contributed by atoms with Crippen LogP contribution in [-0.4, -0.2) is 29.2 Å². The van der Waals surface area contributed by atoms with Gasteiger partial charge in [-0.05, 0) is 38.5 Å². The molecule has 5 heteroatoms. The zero-order valence-electron chi connectivity index (χ0n) is 12.7. The number of hydrogen-bond acceptors (Lipinski definition) is 2. The van der Waals surface area contributed by atoms with E-state index in [1.165, 1.54) is 0 Å². The first-order chi connectivity index (χ1) is 8.66. The van der Waals surface area contributed by atoms with Crippen molar-refractivity contribution in [3.63, 3.8) is 0 Å². The van der Waals surface area contributed by atoms with Crippen molar-refractivity contribution in [1.82, 2.24) is 10.6 Å². The maximum atomic E-state index is 11.7. The first kappa shape index (κ1) is 17.7. The summed E-state index contributed by atoms with van der Waals surface area (Å²) in [7, 11) is 0. The molecule has 1 unspecified atom stereocenters. The molecule has 1 atom stereocenters. The maximum Gasteiger partial charge on any atom is 0.315 e. The summed E-state index contributed by atoms with van der Waals surface area (Å²) in [5, 5.41) is 14.5. The predicted molar refractivity (Wildman–Crippen MR) is 76.1 cm³/mol. The number of carbonyl (C=O) groups excluding carboxylic acids is 1. The summed E-state index contributed by atoms with van der Waals surface area (Å²) in [6.07, 6.45) is 1.73. The topological polar surface area (TPSA) is 78.4 Å².